The molecule has 2 heterocycles. The van der Waals surface area contributed by atoms with Gasteiger partial charge in [0.1, 0.15) is 17.6 Å². The van der Waals surface area contributed by atoms with Gasteiger partial charge in [-0.2, -0.15) is 0 Å². The number of carbonyl (C=O) groups is 1. The van der Waals surface area contributed by atoms with Crippen LogP contribution >= 0.6 is 0 Å². The lowest BCUT2D eigenvalue weighted by molar-refractivity contribution is -0.123. The highest BCUT2D eigenvalue weighted by Gasteiger charge is 2.28. The Kier molecular flexibility index (Phi) is 6.55. The Morgan fingerprint density at radius 1 is 1.12 bits per heavy atom. The summed E-state index contributed by atoms with van der Waals surface area (Å²) >= 11 is 0. The van der Waals surface area contributed by atoms with Crippen molar-refractivity contribution in [3.63, 3.8) is 0 Å². The number of sulfone groups is 1. The fourth-order valence-corrected chi connectivity index (χ4v) is 5.18. The first-order valence-corrected chi connectivity index (χ1v) is 12.2. The van der Waals surface area contributed by atoms with E-state index in [0.29, 0.717) is 30.3 Å². The molecule has 1 amide bonds. The van der Waals surface area contributed by atoms with Crippen molar-refractivity contribution in [2.75, 3.05) is 24.7 Å². The molecule has 3 aromatic rings. The first kappa shape index (κ1) is 22.7. The van der Waals surface area contributed by atoms with E-state index in [2.05, 4.69) is 5.32 Å². The maximum absolute atomic E-state index is 12.8. The van der Waals surface area contributed by atoms with Crippen LogP contribution in [0, 0.1) is 0 Å². The lowest BCUT2D eigenvalue weighted by atomic mass is 10.2. The molecule has 0 spiro atoms. The van der Waals surface area contributed by atoms with Crippen LogP contribution in [-0.2, 0) is 14.6 Å². The number of benzene rings is 2. The topological polar surface area (TPSA) is 121 Å². The van der Waals surface area contributed by atoms with E-state index in [9.17, 15) is 18.0 Å². The molecule has 1 aliphatic heterocycles. The summed E-state index contributed by atoms with van der Waals surface area (Å²) in [6, 6.07) is 11.2. The summed E-state index contributed by atoms with van der Waals surface area (Å²) in [4.78, 5) is 24.9. The van der Waals surface area contributed by atoms with E-state index in [1.807, 2.05) is 6.92 Å². The molecule has 10 heteroatoms. The van der Waals surface area contributed by atoms with Gasteiger partial charge < -0.3 is 23.9 Å². The van der Waals surface area contributed by atoms with Crippen LogP contribution in [0.2, 0.25) is 0 Å². The fourth-order valence-electron chi connectivity index (χ4n) is 3.51. The molecule has 9 nitrogen and oxygen atoms in total. The van der Waals surface area contributed by atoms with Crippen molar-refractivity contribution < 1.29 is 31.8 Å². The molecule has 1 atom stereocenters. The lowest BCUT2D eigenvalue weighted by Crippen LogP contribution is -2.38. The van der Waals surface area contributed by atoms with Gasteiger partial charge in [-0.3, -0.25) is 9.59 Å². The average molecular weight is 474 g/mol. The highest BCUT2D eigenvalue weighted by molar-refractivity contribution is 7.91. The summed E-state index contributed by atoms with van der Waals surface area (Å²) in [5.74, 6) is 0.841. The molecule has 0 bridgehead atoms. The number of amides is 1. The van der Waals surface area contributed by atoms with Crippen LogP contribution in [-0.4, -0.2) is 45.1 Å². The zero-order valence-corrected chi connectivity index (χ0v) is 18.7. The van der Waals surface area contributed by atoms with Crippen LogP contribution < -0.4 is 25.0 Å². The molecule has 4 rings (SSSR count). The van der Waals surface area contributed by atoms with E-state index in [-0.39, 0.29) is 40.3 Å². The number of carbonyl (C=O) groups excluding carboxylic acids is 1. The number of ether oxygens (including phenoxy) is 3. The molecule has 174 valence electrons. The van der Waals surface area contributed by atoms with Crippen molar-refractivity contribution in [3.05, 3.63) is 59.0 Å². The summed E-state index contributed by atoms with van der Waals surface area (Å²) in [5.41, 5.74) is -0.0977. The van der Waals surface area contributed by atoms with E-state index in [1.54, 1.807) is 30.3 Å². The first-order chi connectivity index (χ1) is 15.8. The van der Waals surface area contributed by atoms with Crippen LogP contribution in [0.3, 0.4) is 0 Å². The second-order valence-corrected chi connectivity index (χ2v) is 9.75. The second-order valence-electron chi connectivity index (χ2n) is 7.53. The van der Waals surface area contributed by atoms with Crippen LogP contribution in [0.25, 0.3) is 11.0 Å². The average Bonchev–Trinajstić information content (AvgIpc) is 3.13. The van der Waals surface area contributed by atoms with Crippen LogP contribution in [0.4, 0.5) is 0 Å². The Balaban J connectivity index is 1.44. The van der Waals surface area contributed by atoms with Gasteiger partial charge in [0.15, 0.2) is 27.9 Å². The van der Waals surface area contributed by atoms with Gasteiger partial charge in [0, 0.05) is 12.1 Å². The third-order valence-electron chi connectivity index (χ3n) is 5.05. The second kappa shape index (κ2) is 9.53. The number of rotatable bonds is 8. The van der Waals surface area contributed by atoms with E-state index in [0.717, 1.165) is 0 Å². The number of fused-ring (bicyclic) bond motifs is 1. The van der Waals surface area contributed by atoms with Gasteiger partial charge in [-0.25, -0.2) is 8.42 Å². The molecule has 1 unspecified atom stereocenters. The fraction of sp³-hybridized carbons (Fsp3) is 0.304. The number of para-hydroxylation sites is 2. The monoisotopic (exact) mass is 473 g/mol. The van der Waals surface area contributed by atoms with Gasteiger partial charge in [0.05, 0.1) is 23.5 Å². The minimum atomic E-state index is -3.08. The molecular weight excluding hydrogens is 450 g/mol. The largest absolute Gasteiger partial charge is 0.490 e. The SMILES string of the molecule is CCOc1ccccc1Oc1coc2cc(OCC(=O)NC3CCS(=O)(=O)C3)ccc2c1=O. The molecule has 1 aliphatic rings. The molecule has 33 heavy (non-hydrogen) atoms. The number of hydrogen-bond donors (Lipinski definition) is 1. The third-order valence-corrected chi connectivity index (χ3v) is 6.82. The first-order valence-electron chi connectivity index (χ1n) is 10.4. The van der Waals surface area contributed by atoms with Crippen molar-refractivity contribution in [3.8, 4) is 23.0 Å². The van der Waals surface area contributed by atoms with Crippen molar-refractivity contribution in [1.82, 2.24) is 5.32 Å². The van der Waals surface area contributed by atoms with E-state index in [1.165, 1.54) is 18.4 Å². The number of nitrogens with one attached hydrogen (secondary N) is 1. The summed E-state index contributed by atoms with van der Waals surface area (Å²) in [5, 5.41) is 2.94. The molecule has 2 aromatic carbocycles. The van der Waals surface area contributed by atoms with Crippen LogP contribution in [0.15, 0.2) is 57.9 Å². The molecular formula is C23H23NO8S. The van der Waals surface area contributed by atoms with Crippen molar-refractivity contribution in [2.24, 2.45) is 0 Å². The molecule has 1 aromatic heterocycles. The van der Waals surface area contributed by atoms with Gasteiger partial charge in [-0.05, 0) is 37.6 Å². The van der Waals surface area contributed by atoms with E-state index >= 15 is 0 Å². The van der Waals surface area contributed by atoms with E-state index < -0.39 is 21.8 Å². The lowest BCUT2D eigenvalue weighted by Gasteiger charge is -2.12. The molecule has 0 saturated carbocycles. The van der Waals surface area contributed by atoms with Gasteiger partial charge in [0.2, 0.25) is 11.2 Å². The molecule has 1 fully saturated rings. The standard InChI is InChI=1S/C23H23NO8S/c1-2-29-18-5-3-4-6-19(18)32-21-12-31-20-11-16(7-8-17(20)23(21)26)30-13-22(25)24-15-9-10-33(27,28)14-15/h3-8,11-12,15H,2,9-10,13-14H2,1H3,(H,24,25). The van der Waals surface area contributed by atoms with E-state index in [4.69, 9.17) is 18.6 Å². The Bertz CT molecular complexity index is 1330. The Morgan fingerprint density at radius 3 is 2.64 bits per heavy atom. The Morgan fingerprint density at radius 2 is 1.91 bits per heavy atom. The summed E-state index contributed by atoms with van der Waals surface area (Å²) in [7, 11) is -3.08. The molecule has 1 saturated heterocycles. The van der Waals surface area contributed by atoms with Crippen LogP contribution in [0.5, 0.6) is 23.0 Å². The van der Waals surface area contributed by atoms with Gasteiger partial charge >= 0.3 is 0 Å². The summed E-state index contributed by atoms with van der Waals surface area (Å²) < 4.78 is 45.3. The predicted molar refractivity (Wildman–Crippen MR) is 121 cm³/mol. The molecule has 1 N–H and O–H groups in total. The highest BCUT2D eigenvalue weighted by atomic mass is 32.2. The van der Waals surface area contributed by atoms with Crippen LogP contribution in [0.1, 0.15) is 13.3 Å². The molecule has 0 aliphatic carbocycles. The highest BCUT2D eigenvalue weighted by Crippen LogP contribution is 2.31. The maximum atomic E-state index is 12.8. The summed E-state index contributed by atoms with van der Waals surface area (Å²) in [6.07, 6.45) is 1.61. The van der Waals surface area contributed by atoms with Crippen molar-refractivity contribution >= 4 is 26.7 Å². The predicted octanol–water partition coefficient (Wildman–Crippen LogP) is 2.67. The third kappa shape index (κ3) is 5.46. The zero-order chi connectivity index (χ0) is 23.4. The maximum Gasteiger partial charge on any atom is 0.258 e. The quantitative estimate of drug-likeness (QED) is 0.530. The van der Waals surface area contributed by atoms with Crippen molar-refractivity contribution in [2.45, 2.75) is 19.4 Å². The normalized spacial score (nSPS) is 16.9. The minimum absolute atomic E-state index is 0.00853. The molecule has 0 radical (unpaired) electrons. The Hall–Kier alpha value is -3.53. The number of hydrogen-bond acceptors (Lipinski definition) is 8. The zero-order valence-electron chi connectivity index (χ0n) is 17.9. The minimum Gasteiger partial charge on any atom is -0.490 e. The smallest absolute Gasteiger partial charge is 0.258 e. The van der Waals surface area contributed by atoms with Gasteiger partial charge in [0.25, 0.3) is 5.91 Å². The van der Waals surface area contributed by atoms with Gasteiger partial charge in [-0.15, -0.1) is 0 Å². The van der Waals surface area contributed by atoms with Crippen molar-refractivity contribution in [1.29, 1.82) is 0 Å². The summed E-state index contributed by atoms with van der Waals surface area (Å²) in [6.45, 7) is 2.01. The van der Waals surface area contributed by atoms with Gasteiger partial charge in [-0.1, -0.05) is 12.1 Å². The Labute approximate surface area is 190 Å².